The minimum absolute atomic E-state index is 0.0534. The molecule has 5 heteroatoms. The highest BCUT2D eigenvalue weighted by Crippen LogP contribution is 2.36. The van der Waals surface area contributed by atoms with E-state index in [1.807, 2.05) is 24.3 Å². The molecule has 1 saturated heterocycles. The van der Waals surface area contributed by atoms with E-state index in [4.69, 9.17) is 9.47 Å². The predicted octanol–water partition coefficient (Wildman–Crippen LogP) is 2.74. The van der Waals surface area contributed by atoms with Gasteiger partial charge in [-0.3, -0.25) is 4.79 Å². The SMILES string of the molecule is CC(=O)Nc1cccc(NC2CCC3(CC2)OCCO3)c1. The van der Waals surface area contributed by atoms with E-state index in [-0.39, 0.29) is 11.7 Å². The maximum Gasteiger partial charge on any atom is 0.221 e. The van der Waals surface area contributed by atoms with Gasteiger partial charge < -0.3 is 20.1 Å². The molecule has 0 bridgehead atoms. The number of benzene rings is 1. The van der Waals surface area contributed by atoms with Gasteiger partial charge in [0.1, 0.15) is 0 Å². The van der Waals surface area contributed by atoms with Gasteiger partial charge in [0, 0.05) is 37.2 Å². The summed E-state index contributed by atoms with van der Waals surface area (Å²) in [5, 5.41) is 6.34. The molecule has 1 spiro atoms. The van der Waals surface area contributed by atoms with Gasteiger partial charge in [0.15, 0.2) is 5.79 Å². The maximum absolute atomic E-state index is 11.1. The van der Waals surface area contributed by atoms with Crippen LogP contribution >= 0.6 is 0 Å². The Balaban J connectivity index is 1.56. The molecule has 0 unspecified atom stereocenters. The Bertz CT molecular complexity index is 502. The Morgan fingerprint density at radius 2 is 1.86 bits per heavy atom. The van der Waals surface area contributed by atoms with Gasteiger partial charge in [-0.1, -0.05) is 6.07 Å². The van der Waals surface area contributed by atoms with Gasteiger partial charge >= 0.3 is 0 Å². The number of hydrogen-bond acceptors (Lipinski definition) is 4. The smallest absolute Gasteiger partial charge is 0.221 e. The van der Waals surface area contributed by atoms with Crippen LogP contribution in [0.4, 0.5) is 11.4 Å². The van der Waals surface area contributed by atoms with Crippen LogP contribution in [0.5, 0.6) is 0 Å². The van der Waals surface area contributed by atoms with Crippen molar-refractivity contribution in [1.29, 1.82) is 0 Å². The third-order valence-corrected chi connectivity index (χ3v) is 4.11. The molecule has 1 aromatic rings. The van der Waals surface area contributed by atoms with E-state index < -0.39 is 0 Å². The van der Waals surface area contributed by atoms with Gasteiger partial charge in [-0.15, -0.1) is 0 Å². The highest BCUT2D eigenvalue weighted by Gasteiger charge is 2.40. The zero-order valence-electron chi connectivity index (χ0n) is 12.4. The van der Waals surface area contributed by atoms with Crippen molar-refractivity contribution >= 4 is 17.3 Å². The zero-order chi connectivity index (χ0) is 14.7. The van der Waals surface area contributed by atoms with Gasteiger partial charge in [-0.25, -0.2) is 0 Å². The minimum Gasteiger partial charge on any atom is -0.382 e. The molecule has 5 nitrogen and oxygen atoms in total. The third kappa shape index (κ3) is 3.54. The summed E-state index contributed by atoms with van der Waals surface area (Å²) >= 11 is 0. The number of amides is 1. The Morgan fingerprint density at radius 1 is 1.19 bits per heavy atom. The van der Waals surface area contributed by atoms with Crippen LogP contribution in [-0.2, 0) is 14.3 Å². The number of hydrogen-bond donors (Lipinski definition) is 2. The summed E-state index contributed by atoms with van der Waals surface area (Å²) < 4.78 is 11.5. The Morgan fingerprint density at radius 3 is 2.52 bits per heavy atom. The van der Waals surface area contributed by atoms with Crippen molar-refractivity contribution in [1.82, 2.24) is 0 Å². The molecule has 1 amide bonds. The second kappa shape index (κ2) is 6.03. The summed E-state index contributed by atoms with van der Waals surface area (Å²) in [7, 11) is 0. The Hall–Kier alpha value is -1.59. The quantitative estimate of drug-likeness (QED) is 0.898. The average molecular weight is 290 g/mol. The lowest BCUT2D eigenvalue weighted by Crippen LogP contribution is -2.39. The van der Waals surface area contributed by atoms with Crippen molar-refractivity contribution in [3.05, 3.63) is 24.3 Å². The van der Waals surface area contributed by atoms with Crippen molar-refractivity contribution in [2.75, 3.05) is 23.8 Å². The van der Waals surface area contributed by atoms with Crippen LogP contribution in [0.1, 0.15) is 32.6 Å². The third-order valence-electron chi connectivity index (χ3n) is 4.11. The normalized spacial score (nSPS) is 21.4. The van der Waals surface area contributed by atoms with Crippen LogP contribution in [0.15, 0.2) is 24.3 Å². The lowest BCUT2D eigenvalue weighted by Gasteiger charge is -2.36. The zero-order valence-corrected chi connectivity index (χ0v) is 12.4. The van der Waals surface area contributed by atoms with Crippen molar-refractivity contribution in [2.45, 2.75) is 44.4 Å². The van der Waals surface area contributed by atoms with E-state index in [1.165, 1.54) is 6.92 Å². The topological polar surface area (TPSA) is 59.6 Å². The highest BCUT2D eigenvalue weighted by atomic mass is 16.7. The van der Waals surface area contributed by atoms with Gasteiger partial charge in [0.25, 0.3) is 0 Å². The fourth-order valence-electron chi connectivity index (χ4n) is 3.11. The van der Waals surface area contributed by atoms with Crippen molar-refractivity contribution < 1.29 is 14.3 Å². The van der Waals surface area contributed by atoms with E-state index >= 15 is 0 Å². The fraction of sp³-hybridized carbons (Fsp3) is 0.562. The first-order valence-corrected chi connectivity index (χ1v) is 7.57. The number of rotatable bonds is 3. The number of ether oxygens (including phenoxy) is 2. The van der Waals surface area contributed by atoms with Crippen LogP contribution in [-0.4, -0.2) is 30.9 Å². The largest absolute Gasteiger partial charge is 0.382 e. The lowest BCUT2D eigenvalue weighted by atomic mass is 9.90. The van der Waals surface area contributed by atoms with Crippen molar-refractivity contribution in [3.8, 4) is 0 Å². The molecule has 1 aliphatic heterocycles. The molecule has 3 rings (SSSR count). The van der Waals surface area contributed by atoms with Gasteiger partial charge in [-0.05, 0) is 31.0 Å². The number of nitrogens with one attached hydrogen (secondary N) is 2. The molecule has 1 saturated carbocycles. The summed E-state index contributed by atoms with van der Waals surface area (Å²) in [5.41, 5.74) is 1.86. The van der Waals surface area contributed by atoms with Gasteiger partial charge in [-0.2, -0.15) is 0 Å². The van der Waals surface area contributed by atoms with E-state index in [9.17, 15) is 4.79 Å². The summed E-state index contributed by atoms with van der Waals surface area (Å²) in [5.74, 6) is -0.363. The molecule has 0 aromatic heterocycles. The van der Waals surface area contributed by atoms with Crippen LogP contribution in [0.3, 0.4) is 0 Å². The summed E-state index contributed by atoms with van der Waals surface area (Å²) in [6.07, 6.45) is 3.95. The molecule has 0 radical (unpaired) electrons. The summed E-state index contributed by atoms with van der Waals surface area (Å²) in [6.45, 7) is 2.95. The van der Waals surface area contributed by atoms with Gasteiger partial charge in [0.2, 0.25) is 5.91 Å². The number of carbonyl (C=O) groups excluding carboxylic acids is 1. The highest BCUT2D eigenvalue weighted by molar-refractivity contribution is 5.89. The number of carbonyl (C=O) groups is 1. The monoisotopic (exact) mass is 290 g/mol. The molecular formula is C16H22N2O3. The summed E-state index contributed by atoms with van der Waals surface area (Å²) in [4.78, 5) is 11.1. The van der Waals surface area contributed by atoms with Crippen LogP contribution in [0, 0.1) is 0 Å². The molecular weight excluding hydrogens is 268 g/mol. The molecule has 0 atom stereocenters. The first kappa shape index (κ1) is 14.4. The first-order valence-electron chi connectivity index (χ1n) is 7.57. The van der Waals surface area contributed by atoms with Crippen LogP contribution in [0.25, 0.3) is 0 Å². The first-order chi connectivity index (χ1) is 10.2. The molecule has 2 fully saturated rings. The molecule has 114 valence electrons. The van der Waals surface area contributed by atoms with E-state index in [2.05, 4.69) is 10.6 Å². The molecule has 21 heavy (non-hydrogen) atoms. The summed E-state index contributed by atoms with van der Waals surface area (Å²) in [6, 6.07) is 8.26. The fourth-order valence-corrected chi connectivity index (χ4v) is 3.11. The molecule has 2 N–H and O–H groups in total. The molecule has 1 heterocycles. The lowest BCUT2D eigenvalue weighted by molar-refractivity contribution is -0.177. The minimum atomic E-state index is -0.309. The van der Waals surface area contributed by atoms with Crippen LogP contribution < -0.4 is 10.6 Å². The van der Waals surface area contributed by atoms with Crippen molar-refractivity contribution in [2.24, 2.45) is 0 Å². The van der Waals surface area contributed by atoms with Crippen LogP contribution in [0.2, 0.25) is 0 Å². The van der Waals surface area contributed by atoms with E-state index in [0.29, 0.717) is 6.04 Å². The van der Waals surface area contributed by atoms with Gasteiger partial charge in [0.05, 0.1) is 13.2 Å². The van der Waals surface area contributed by atoms with E-state index in [1.54, 1.807) is 0 Å². The standard InChI is InChI=1S/C16H22N2O3/c1-12(19)17-14-3-2-4-15(11-14)18-13-5-7-16(8-6-13)20-9-10-21-16/h2-4,11,13,18H,5-10H2,1H3,(H,17,19). The second-order valence-corrected chi connectivity index (χ2v) is 5.79. The number of anilines is 2. The second-order valence-electron chi connectivity index (χ2n) is 5.79. The molecule has 1 aromatic carbocycles. The molecule has 1 aliphatic carbocycles. The Kier molecular flexibility index (Phi) is 4.12. The van der Waals surface area contributed by atoms with E-state index in [0.717, 1.165) is 50.3 Å². The molecule has 2 aliphatic rings. The predicted molar refractivity (Wildman–Crippen MR) is 81.3 cm³/mol. The van der Waals surface area contributed by atoms with Crippen molar-refractivity contribution in [3.63, 3.8) is 0 Å². The average Bonchev–Trinajstić information content (AvgIpc) is 2.90. The Labute approximate surface area is 125 Å². The maximum atomic E-state index is 11.1.